The van der Waals surface area contributed by atoms with E-state index in [1.54, 1.807) is 14.2 Å². The number of hydrogen-bond acceptors (Lipinski definition) is 4. The van der Waals surface area contributed by atoms with Crippen molar-refractivity contribution in [2.24, 2.45) is 11.7 Å². The molecule has 2 atom stereocenters. The van der Waals surface area contributed by atoms with Crippen molar-refractivity contribution < 1.29 is 9.47 Å². The molecule has 0 aromatic heterocycles. The first-order valence-corrected chi connectivity index (χ1v) is 6.47. The highest BCUT2D eigenvalue weighted by atomic mass is 16.5. The molecule has 0 aliphatic heterocycles. The van der Waals surface area contributed by atoms with E-state index in [9.17, 15) is 0 Å². The molecule has 1 aromatic carbocycles. The molecular weight excluding hydrogens is 228 g/mol. The zero-order valence-electron chi connectivity index (χ0n) is 11.1. The number of methoxy groups -OCH3 is 2. The highest BCUT2D eigenvalue weighted by Crippen LogP contribution is 2.33. The van der Waals surface area contributed by atoms with E-state index in [2.05, 4.69) is 5.32 Å². The molecule has 0 heterocycles. The van der Waals surface area contributed by atoms with Gasteiger partial charge in [0.05, 0.1) is 19.9 Å². The second-order valence-electron chi connectivity index (χ2n) is 4.74. The van der Waals surface area contributed by atoms with E-state index < -0.39 is 0 Å². The molecule has 2 unspecified atom stereocenters. The van der Waals surface area contributed by atoms with E-state index in [4.69, 9.17) is 15.2 Å². The third-order valence-electron chi connectivity index (χ3n) is 3.71. The van der Waals surface area contributed by atoms with Crippen LogP contribution in [0.3, 0.4) is 0 Å². The predicted octanol–water partition coefficient (Wildman–Crippen LogP) is 2.24. The number of anilines is 1. The lowest BCUT2D eigenvalue weighted by molar-refractivity contribution is 0.394. The molecule has 3 N–H and O–H groups in total. The average Bonchev–Trinajstić information content (AvgIpc) is 2.86. The van der Waals surface area contributed by atoms with Crippen molar-refractivity contribution in [2.75, 3.05) is 26.1 Å². The van der Waals surface area contributed by atoms with Crippen molar-refractivity contribution in [3.63, 3.8) is 0 Å². The van der Waals surface area contributed by atoms with Gasteiger partial charge in [0.15, 0.2) is 0 Å². The molecule has 4 heteroatoms. The van der Waals surface area contributed by atoms with E-state index in [1.807, 2.05) is 18.2 Å². The number of rotatable bonds is 5. The van der Waals surface area contributed by atoms with Gasteiger partial charge in [-0.2, -0.15) is 0 Å². The van der Waals surface area contributed by atoms with Gasteiger partial charge in [0, 0.05) is 12.1 Å². The van der Waals surface area contributed by atoms with Crippen LogP contribution in [0.2, 0.25) is 0 Å². The van der Waals surface area contributed by atoms with E-state index in [0.29, 0.717) is 12.0 Å². The van der Waals surface area contributed by atoms with Gasteiger partial charge in [0.2, 0.25) is 0 Å². The SMILES string of the molecule is COc1ccc(NC2CCCC2CN)c(OC)c1. The molecule has 4 nitrogen and oxygen atoms in total. The molecule has 0 bridgehead atoms. The standard InChI is InChI=1S/C14H22N2O2/c1-17-11-6-7-13(14(8-11)18-2)16-12-5-3-4-10(12)9-15/h6-8,10,12,16H,3-5,9,15H2,1-2H3. The van der Waals surface area contributed by atoms with Crippen LogP contribution >= 0.6 is 0 Å². The Morgan fingerprint density at radius 3 is 2.78 bits per heavy atom. The minimum Gasteiger partial charge on any atom is -0.497 e. The maximum atomic E-state index is 5.80. The van der Waals surface area contributed by atoms with Crippen LogP contribution in [0.15, 0.2) is 18.2 Å². The normalized spacial score (nSPS) is 22.8. The van der Waals surface area contributed by atoms with Gasteiger partial charge in [0.25, 0.3) is 0 Å². The Bertz CT molecular complexity index is 395. The molecular formula is C14H22N2O2. The number of benzene rings is 1. The van der Waals surface area contributed by atoms with E-state index in [-0.39, 0.29) is 0 Å². The molecule has 0 radical (unpaired) electrons. The molecule has 0 spiro atoms. The summed E-state index contributed by atoms with van der Waals surface area (Å²) in [5.74, 6) is 2.19. The molecule has 2 rings (SSSR count). The van der Waals surface area contributed by atoms with Crippen molar-refractivity contribution in [1.29, 1.82) is 0 Å². The summed E-state index contributed by atoms with van der Waals surface area (Å²) in [5, 5.41) is 3.55. The topological polar surface area (TPSA) is 56.5 Å². The van der Waals surface area contributed by atoms with Crippen molar-refractivity contribution in [3.05, 3.63) is 18.2 Å². The summed E-state index contributed by atoms with van der Waals surface area (Å²) in [4.78, 5) is 0. The van der Waals surface area contributed by atoms with Crippen molar-refractivity contribution >= 4 is 5.69 Å². The fourth-order valence-electron chi connectivity index (χ4n) is 2.63. The minimum atomic E-state index is 0.456. The molecule has 18 heavy (non-hydrogen) atoms. The highest BCUT2D eigenvalue weighted by Gasteiger charge is 2.26. The summed E-state index contributed by atoms with van der Waals surface area (Å²) in [6, 6.07) is 6.30. The Hall–Kier alpha value is -1.42. The Morgan fingerprint density at radius 1 is 1.28 bits per heavy atom. The van der Waals surface area contributed by atoms with Crippen molar-refractivity contribution in [1.82, 2.24) is 0 Å². The second kappa shape index (κ2) is 5.96. The van der Waals surface area contributed by atoms with Gasteiger partial charge in [0.1, 0.15) is 11.5 Å². The third-order valence-corrected chi connectivity index (χ3v) is 3.71. The van der Waals surface area contributed by atoms with Crippen LogP contribution in [0.1, 0.15) is 19.3 Å². The van der Waals surface area contributed by atoms with Gasteiger partial charge in [-0.1, -0.05) is 6.42 Å². The van der Waals surface area contributed by atoms with E-state index >= 15 is 0 Å². The Kier molecular flexibility index (Phi) is 4.31. The maximum Gasteiger partial charge on any atom is 0.145 e. The lowest BCUT2D eigenvalue weighted by Crippen LogP contribution is -2.29. The number of hydrogen-bond donors (Lipinski definition) is 2. The fourth-order valence-corrected chi connectivity index (χ4v) is 2.63. The Labute approximate surface area is 108 Å². The van der Waals surface area contributed by atoms with Crippen LogP contribution in [0.4, 0.5) is 5.69 Å². The minimum absolute atomic E-state index is 0.456. The third kappa shape index (κ3) is 2.70. The number of ether oxygens (including phenoxy) is 2. The maximum absolute atomic E-state index is 5.80. The summed E-state index contributed by atoms with van der Waals surface area (Å²) >= 11 is 0. The largest absolute Gasteiger partial charge is 0.497 e. The number of nitrogens with one attached hydrogen (secondary N) is 1. The highest BCUT2D eigenvalue weighted by molar-refractivity contribution is 5.59. The lowest BCUT2D eigenvalue weighted by Gasteiger charge is -2.22. The van der Waals surface area contributed by atoms with Crippen LogP contribution in [-0.4, -0.2) is 26.8 Å². The van der Waals surface area contributed by atoms with Crippen LogP contribution in [0.5, 0.6) is 11.5 Å². The van der Waals surface area contributed by atoms with Crippen LogP contribution < -0.4 is 20.5 Å². The zero-order valence-corrected chi connectivity index (χ0v) is 11.1. The van der Waals surface area contributed by atoms with Crippen molar-refractivity contribution in [2.45, 2.75) is 25.3 Å². The summed E-state index contributed by atoms with van der Waals surface area (Å²) in [5.41, 5.74) is 6.82. The summed E-state index contributed by atoms with van der Waals surface area (Å²) < 4.78 is 10.6. The van der Waals surface area contributed by atoms with E-state index in [1.165, 1.54) is 19.3 Å². The molecule has 0 saturated heterocycles. The van der Waals surface area contributed by atoms with Gasteiger partial charge in [-0.3, -0.25) is 0 Å². The van der Waals surface area contributed by atoms with Crippen molar-refractivity contribution in [3.8, 4) is 11.5 Å². The first-order chi connectivity index (χ1) is 8.78. The van der Waals surface area contributed by atoms with E-state index in [0.717, 1.165) is 23.7 Å². The summed E-state index contributed by atoms with van der Waals surface area (Å²) in [7, 11) is 3.33. The summed E-state index contributed by atoms with van der Waals surface area (Å²) in [6.45, 7) is 0.746. The second-order valence-corrected chi connectivity index (χ2v) is 4.74. The van der Waals surface area contributed by atoms with Crippen LogP contribution in [-0.2, 0) is 0 Å². The first-order valence-electron chi connectivity index (χ1n) is 6.47. The summed E-state index contributed by atoms with van der Waals surface area (Å²) in [6.07, 6.45) is 3.64. The lowest BCUT2D eigenvalue weighted by atomic mass is 10.0. The smallest absolute Gasteiger partial charge is 0.145 e. The quantitative estimate of drug-likeness (QED) is 0.841. The molecule has 1 aliphatic rings. The molecule has 1 fully saturated rings. The fraction of sp³-hybridized carbons (Fsp3) is 0.571. The van der Waals surface area contributed by atoms with Gasteiger partial charge in [-0.15, -0.1) is 0 Å². The zero-order chi connectivity index (χ0) is 13.0. The van der Waals surface area contributed by atoms with Crippen LogP contribution in [0, 0.1) is 5.92 Å². The molecule has 1 saturated carbocycles. The average molecular weight is 250 g/mol. The molecule has 1 aliphatic carbocycles. The predicted molar refractivity (Wildman–Crippen MR) is 73.4 cm³/mol. The Balaban J connectivity index is 2.13. The Morgan fingerprint density at radius 2 is 2.11 bits per heavy atom. The monoisotopic (exact) mass is 250 g/mol. The van der Waals surface area contributed by atoms with Gasteiger partial charge in [-0.25, -0.2) is 0 Å². The van der Waals surface area contributed by atoms with Gasteiger partial charge in [-0.05, 0) is 37.4 Å². The first kappa shape index (κ1) is 13.0. The number of nitrogens with two attached hydrogens (primary N) is 1. The van der Waals surface area contributed by atoms with Crippen LogP contribution in [0.25, 0.3) is 0 Å². The van der Waals surface area contributed by atoms with Gasteiger partial charge >= 0.3 is 0 Å². The molecule has 1 aromatic rings. The van der Waals surface area contributed by atoms with Gasteiger partial charge < -0.3 is 20.5 Å². The molecule has 0 amide bonds. The molecule has 100 valence electrons.